The number of allylic oxidation sites excluding steroid dienone is 5. The minimum Gasteiger partial charge on any atom is -0.0617 e. The molecule has 0 heterocycles. The van der Waals surface area contributed by atoms with E-state index in [0.717, 1.165) is 0 Å². The molecule has 1 aliphatic rings. The van der Waals surface area contributed by atoms with Crippen LogP contribution < -0.4 is 0 Å². The summed E-state index contributed by atoms with van der Waals surface area (Å²) < 4.78 is 0. The summed E-state index contributed by atoms with van der Waals surface area (Å²) in [5.74, 6) is 0. The molecule has 0 radical (unpaired) electrons. The van der Waals surface area contributed by atoms with Crippen molar-refractivity contribution in [1.82, 2.24) is 0 Å². The topological polar surface area (TPSA) is 0 Å². The molecular formula is C20H14. The lowest BCUT2D eigenvalue weighted by Gasteiger charge is -2.08. The second-order valence-corrected chi connectivity index (χ2v) is 5.10. The van der Waals surface area contributed by atoms with E-state index in [1.54, 1.807) is 0 Å². The Balaban J connectivity index is 2.14. The Morgan fingerprint density at radius 3 is 1.80 bits per heavy atom. The van der Waals surface area contributed by atoms with Gasteiger partial charge in [-0.1, -0.05) is 72.8 Å². The van der Waals surface area contributed by atoms with Gasteiger partial charge in [-0.25, -0.2) is 0 Å². The van der Waals surface area contributed by atoms with Gasteiger partial charge < -0.3 is 0 Å². The van der Waals surface area contributed by atoms with Gasteiger partial charge in [0.25, 0.3) is 0 Å². The number of hydrogen-bond donors (Lipinski definition) is 0. The van der Waals surface area contributed by atoms with Crippen molar-refractivity contribution in [1.29, 1.82) is 0 Å². The fourth-order valence-electron chi connectivity index (χ4n) is 2.86. The highest BCUT2D eigenvalue weighted by Crippen LogP contribution is 2.30. The molecule has 0 N–H and O–H groups in total. The van der Waals surface area contributed by atoms with Crippen molar-refractivity contribution < 1.29 is 0 Å². The predicted octanol–water partition coefficient (Wildman–Crippen LogP) is 5.50. The van der Waals surface area contributed by atoms with Crippen molar-refractivity contribution >= 4 is 27.6 Å². The third-order valence-electron chi connectivity index (χ3n) is 3.81. The van der Waals surface area contributed by atoms with E-state index in [1.807, 2.05) is 0 Å². The Morgan fingerprint density at radius 1 is 0.650 bits per heavy atom. The molecule has 0 fully saturated rings. The summed E-state index contributed by atoms with van der Waals surface area (Å²) in [7, 11) is 0. The zero-order chi connectivity index (χ0) is 13.4. The van der Waals surface area contributed by atoms with Crippen molar-refractivity contribution in [3.8, 4) is 0 Å². The van der Waals surface area contributed by atoms with Gasteiger partial charge in [0, 0.05) is 0 Å². The van der Waals surface area contributed by atoms with Crippen LogP contribution in [0.3, 0.4) is 0 Å². The zero-order valence-electron chi connectivity index (χ0n) is 11.1. The molecule has 20 heavy (non-hydrogen) atoms. The molecule has 0 amide bonds. The average molecular weight is 254 g/mol. The monoisotopic (exact) mass is 254 g/mol. The summed E-state index contributed by atoms with van der Waals surface area (Å²) in [4.78, 5) is 0. The van der Waals surface area contributed by atoms with Gasteiger partial charge in [0.1, 0.15) is 0 Å². The Kier molecular flexibility index (Phi) is 2.53. The predicted molar refractivity (Wildman–Crippen MR) is 87.7 cm³/mol. The van der Waals surface area contributed by atoms with Crippen LogP contribution in [0.2, 0.25) is 0 Å². The van der Waals surface area contributed by atoms with Gasteiger partial charge in [-0.3, -0.25) is 0 Å². The first-order chi connectivity index (χ1) is 9.92. The molecule has 1 aliphatic carbocycles. The normalized spacial score (nSPS) is 13.5. The minimum absolute atomic E-state index is 1.26. The van der Waals surface area contributed by atoms with E-state index in [0.29, 0.717) is 0 Å². The van der Waals surface area contributed by atoms with Gasteiger partial charge in [0.15, 0.2) is 0 Å². The molecule has 0 saturated carbocycles. The molecule has 0 saturated heterocycles. The highest BCUT2D eigenvalue weighted by molar-refractivity contribution is 6.07. The molecule has 0 nitrogen and oxygen atoms in total. The van der Waals surface area contributed by atoms with E-state index < -0.39 is 0 Å². The van der Waals surface area contributed by atoms with Crippen LogP contribution in [-0.2, 0) is 0 Å². The maximum absolute atomic E-state index is 2.28. The van der Waals surface area contributed by atoms with Crippen LogP contribution in [-0.4, -0.2) is 0 Å². The lowest BCUT2D eigenvalue weighted by atomic mass is 9.95. The summed E-state index contributed by atoms with van der Waals surface area (Å²) in [5, 5.41) is 5.22. The van der Waals surface area contributed by atoms with E-state index in [2.05, 4.69) is 85.0 Å². The minimum atomic E-state index is 1.26. The van der Waals surface area contributed by atoms with Crippen LogP contribution in [0.15, 0.2) is 84.5 Å². The molecule has 0 unspecified atom stereocenters. The second-order valence-electron chi connectivity index (χ2n) is 5.10. The van der Waals surface area contributed by atoms with Crippen LogP contribution in [0.25, 0.3) is 27.6 Å². The Labute approximate surface area is 118 Å². The zero-order valence-corrected chi connectivity index (χ0v) is 11.1. The molecule has 0 aromatic heterocycles. The maximum atomic E-state index is 2.28. The fourth-order valence-corrected chi connectivity index (χ4v) is 2.86. The van der Waals surface area contributed by atoms with Crippen molar-refractivity contribution in [2.75, 3.05) is 0 Å². The SMILES string of the molecule is C1=CC(=Cc2c3ccccc3cc3ccccc23)C=C1. The fraction of sp³-hybridized carbons (Fsp3) is 0. The van der Waals surface area contributed by atoms with Gasteiger partial charge in [-0.05, 0) is 44.8 Å². The van der Waals surface area contributed by atoms with E-state index in [9.17, 15) is 0 Å². The van der Waals surface area contributed by atoms with E-state index in [1.165, 1.54) is 32.7 Å². The van der Waals surface area contributed by atoms with Crippen LogP contribution in [0.5, 0.6) is 0 Å². The van der Waals surface area contributed by atoms with Gasteiger partial charge in [0.05, 0.1) is 0 Å². The standard InChI is InChI=1S/C20H14/c1-2-8-15(7-1)13-20-18-11-5-3-9-16(18)14-17-10-4-6-12-19(17)20/h1-14H. The largest absolute Gasteiger partial charge is 0.0617 e. The van der Waals surface area contributed by atoms with Crippen molar-refractivity contribution in [3.63, 3.8) is 0 Å². The molecule has 0 atom stereocenters. The summed E-state index contributed by atoms with van der Waals surface area (Å²) >= 11 is 0. The van der Waals surface area contributed by atoms with Gasteiger partial charge in [0.2, 0.25) is 0 Å². The molecule has 0 spiro atoms. The number of hydrogen-bond acceptors (Lipinski definition) is 0. The van der Waals surface area contributed by atoms with Crippen LogP contribution in [0.4, 0.5) is 0 Å². The molecule has 0 heteroatoms. The van der Waals surface area contributed by atoms with E-state index in [4.69, 9.17) is 0 Å². The lowest BCUT2D eigenvalue weighted by molar-refractivity contribution is 1.72. The van der Waals surface area contributed by atoms with E-state index >= 15 is 0 Å². The van der Waals surface area contributed by atoms with Crippen molar-refractivity contribution in [2.24, 2.45) is 0 Å². The summed E-state index contributed by atoms with van der Waals surface area (Å²) in [6.45, 7) is 0. The Hall–Kier alpha value is -2.60. The maximum Gasteiger partial charge on any atom is -0.00934 e. The highest BCUT2D eigenvalue weighted by Gasteiger charge is 2.05. The van der Waals surface area contributed by atoms with Crippen LogP contribution >= 0.6 is 0 Å². The third kappa shape index (κ3) is 1.78. The second kappa shape index (κ2) is 4.50. The third-order valence-corrected chi connectivity index (χ3v) is 3.81. The Morgan fingerprint density at radius 2 is 1.20 bits per heavy atom. The number of rotatable bonds is 1. The Bertz CT molecular complexity index is 824. The average Bonchev–Trinajstić information content (AvgIpc) is 3.00. The molecule has 94 valence electrons. The molecule has 3 aromatic carbocycles. The first kappa shape index (κ1) is 11.2. The van der Waals surface area contributed by atoms with E-state index in [-0.39, 0.29) is 0 Å². The molecule has 3 aromatic rings. The smallest absolute Gasteiger partial charge is 0.00934 e. The highest BCUT2D eigenvalue weighted by atomic mass is 14.1. The lowest BCUT2D eigenvalue weighted by Crippen LogP contribution is -1.84. The van der Waals surface area contributed by atoms with Crippen molar-refractivity contribution in [3.05, 3.63) is 90.0 Å². The van der Waals surface area contributed by atoms with Crippen molar-refractivity contribution in [2.45, 2.75) is 0 Å². The number of benzene rings is 3. The summed E-state index contributed by atoms with van der Waals surface area (Å²) in [6.07, 6.45) is 10.7. The van der Waals surface area contributed by atoms with Crippen LogP contribution in [0, 0.1) is 0 Å². The molecule has 0 bridgehead atoms. The molecule has 0 aliphatic heterocycles. The summed E-state index contributed by atoms with van der Waals surface area (Å²) in [5.41, 5.74) is 2.57. The van der Waals surface area contributed by atoms with Gasteiger partial charge >= 0.3 is 0 Å². The quantitative estimate of drug-likeness (QED) is 0.503. The number of fused-ring (bicyclic) bond motifs is 2. The first-order valence-corrected chi connectivity index (χ1v) is 6.89. The first-order valence-electron chi connectivity index (χ1n) is 6.89. The van der Waals surface area contributed by atoms with Gasteiger partial charge in [-0.2, -0.15) is 0 Å². The van der Waals surface area contributed by atoms with Crippen LogP contribution in [0.1, 0.15) is 5.56 Å². The molecule has 4 rings (SSSR count). The van der Waals surface area contributed by atoms with Gasteiger partial charge in [-0.15, -0.1) is 0 Å². The molecular weight excluding hydrogens is 240 g/mol. The summed E-state index contributed by atoms with van der Waals surface area (Å²) in [6, 6.07) is 19.5.